The van der Waals surface area contributed by atoms with Crippen molar-refractivity contribution >= 4 is 11.8 Å². The van der Waals surface area contributed by atoms with Crippen LogP contribution < -0.4 is 0 Å². The summed E-state index contributed by atoms with van der Waals surface area (Å²) in [5.41, 5.74) is 0.0141. The van der Waals surface area contributed by atoms with Gasteiger partial charge >= 0.3 is 6.18 Å². The average molecular weight is 231 g/mol. The summed E-state index contributed by atoms with van der Waals surface area (Å²) in [7, 11) is 0. The molecule has 0 aliphatic carbocycles. The van der Waals surface area contributed by atoms with Crippen LogP contribution in [0.1, 0.15) is 22.9 Å². The van der Waals surface area contributed by atoms with Crippen molar-refractivity contribution in [3.8, 4) is 0 Å². The topological polar surface area (TPSA) is 12.9 Å². The standard InChI is InChI=1S/C10H8F3NS/c11-10(12,13)7-3-4-8(14-6-7)9-2-1-5-15-9/h1,3-6,9H,2H2. The summed E-state index contributed by atoms with van der Waals surface area (Å²) >= 11 is 1.58. The summed E-state index contributed by atoms with van der Waals surface area (Å²) in [5.74, 6) is 0. The van der Waals surface area contributed by atoms with Crippen molar-refractivity contribution < 1.29 is 13.2 Å². The number of thioether (sulfide) groups is 1. The third-order valence-electron chi connectivity index (χ3n) is 2.13. The summed E-state index contributed by atoms with van der Waals surface area (Å²) in [6.45, 7) is 0. The number of pyridine rings is 1. The monoisotopic (exact) mass is 231 g/mol. The highest BCUT2D eigenvalue weighted by Crippen LogP contribution is 2.38. The van der Waals surface area contributed by atoms with Gasteiger partial charge in [-0.25, -0.2) is 0 Å². The normalized spacial score (nSPS) is 20.9. The zero-order chi connectivity index (χ0) is 10.9. The molecule has 2 rings (SSSR count). The predicted octanol–water partition coefficient (Wildman–Crippen LogP) is 3.79. The summed E-state index contributed by atoms with van der Waals surface area (Å²) in [6, 6.07) is 2.54. The van der Waals surface area contributed by atoms with E-state index < -0.39 is 11.7 Å². The first-order valence-electron chi connectivity index (χ1n) is 4.41. The molecule has 1 aliphatic rings. The van der Waals surface area contributed by atoms with Gasteiger partial charge in [-0.05, 0) is 24.0 Å². The van der Waals surface area contributed by atoms with Crippen molar-refractivity contribution in [2.45, 2.75) is 17.8 Å². The van der Waals surface area contributed by atoms with Crippen molar-refractivity contribution in [2.24, 2.45) is 0 Å². The highest BCUT2D eigenvalue weighted by atomic mass is 32.2. The van der Waals surface area contributed by atoms with Crippen molar-refractivity contribution in [2.75, 3.05) is 0 Å². The summed E-state index contributed by atoms with van der Waals surface area (Å²) in [5, 5.41) is 2.12. The highest BCUT2D eigenvalue weighted by molar-refractivity contribution is 8.02. The first-order chi connectivity index (χ1) is 7.07. The van der Waals surface area contributed by atoms with Crippen molar-refractivity contribution in [1.82, 2.24) is 4.98 Å². The van der Waals surface area contributed by atoms with Gasteiger partial charge in [0, 0.05) is 6.20 Å². The second kappa shape index (κ2) is 3.89. The van der Waals surface area contributed by atoms with Gasteiger partial charge in [-0.2, -0.15) is 13.2 Å². The second-order valence-corrected chi connectivity index (χ2v) is 4.32. The molecule has 0 spiro atoms. The van der Waals surface area contributed by atoms with Gasteiger partial charge in [-0.15, -0.1) is 11.8 Å². The van der Waals surface area contributed by atoms with Crippen molar-refractivity contribution in [1.29, 1.82) is 0 Å². The lowest BCUT2D eigenvalue weighted by Gasteiger charge is -2.10. The molecule has 2 heterocycles. The molecular weight excluding hydrogens is 223 g/mol. The number of hydrogen-bond donors (Lipinski definition) is 0. The van der Waals surface area contributed by atoms with E-state index in [0.29, 0.717) is 5.69 Å². The Hall–Kier alpha value is -0.970. The maximum atomic E-state index is 12.2. The minimum atomic E-state index is -4.30. The summed E-state index contributed by atoms with van der Waals surface area (Å²) in [6.07, 6.45) is -0.571. The number of alkyl halides is 3. The van der Waals surface area contributed by atoms with Crippen LogP contribution in [0.25, 0.3) is 0 Å². The summed E-state index contributed by atoms with van der Waals surface area (Å²) < 4.78 is 36.7. The van der Waals surface area contributed by atoms with E-state index >= 15 is 0 Å². The third kappa shape index (κ3) is 2.34. The molecule has 1 unspecified atom stereocenters. The Morgan fingerprint density at radius 3 is 2.60 bits per heavy atom. The fourth-order valence-electron chi connectivity index (χ4n) is 1.34. The van der Waals surface area contributed by atoms with Crippen LogP contribution in [0.3, 0.4) is 0 Å². The predicted molar refractivity (Wildman–Crippen MR) is 53.3 cm³/mol. The van der Waals surface area contributed by atoms with Crippen LogP contribution in [-0.4, -0.2) is 4.98 Å². The molecule has 1 aromatic rings. The molecule has 0 saturated heterocycles. The van der Waals surface area contributed by atoms with Gasteiger partial charge in [0.15, 0.2) is 0 Å². The van der Waals surface area contributed by atoms with E-state index in [0.717, 1.165) is 18.7 Å². The minimum absolute atomic E-state index is 0.173. The Balaban J connectivity index is 2.17. The number of halogens is 3. The van der Waals surface area contributed by atoms with Gasteiger partial charge in [0.05, 0.1) is 16.5 Å². The number of nitrogens with zero attached hydrogens (tertiary/aromatic N) is 1. The van der Waals surface area contributed by atoms with E-state index in [1.165, 1.54) is 6.07 Å². The van der Waals surface area contributed by atoms with Crippen LogP contribution >= 0.6 is 11.8 Å². The lowest BCUT2D eigenvalue weighted by Crippen LogP contribution is -2.06. The largest absolute Gasteiger partial charge is 0.417 e. The van der Waals surface area contributed by atoms with Gasteiger partial charge in [0.25, 0.3) is 0 Å². The van der Waals surface area contributed by atoms with Gasteiger partial charge in [0.1, 0.15) is 0 Å². The quantitative estimate of drug-likeness (QED) is 0.729. The molecule has 0 aromatic carbocycles. The minimum Gasteiger partial charge on any atom is -0.259 e. The SMILES string of the molecule is FC(F)(F)c1ccc(C2CC=CS2)nc1. The Morgan fingerprint density at radius 1 is 1.33 bits per heavy atom. The average Bonchev–Trinajstić information content (AvgIpc) is 2.69. The molecule has 5 heteroatoms. The van der Waals surface area contributed by atoms with Crippen LogP contribution in [0.4, 0.5) is 13.2 Å². The fraction of sp³-hybridized carbons (Fsp3) is 0.300. The zero-order valence-electron chi connectivity index (χ0n) is 7.66. The van der Waals surface area contributed by atoms with Crippen LogP contribution in [0.5, 0.6) is 0 Å². The number of allylic oxidation sites excluding steroid dienone is 1. The maximum absolute atomic E-state index is 12.2. The van der Waals surface area contributed by atoms with Gasteiger partial charge < -0.3 is 0 Å². The lowest BCUT2D eigenvalue weighted by atomic mass is 10.2. The Bertz CT molecular complexity index is 361. The molecular formula is C10H8F3NS. The van der Waals surface area contributed by atoms with E-state index in [1.54, 1.807) is 11.8 Å². The van der Waals surface area contributed by atoms with E-state index in [4.69, 9.17) is 0 Å². The van der Waals surface area contributed by atoms with E-state index in [-0.39, 0.29) is 5.25 Å². The molecule has 0 fully saturated rings. The maximum Gasteiger partial charge on any atom is 0.417 e. The van der Waals surface area contributed by atoms with Gasteiger partial charge in [-0.1, -0.05) is 6.08 Å². The summed E-state index contributed by atoms with van der Waals surface area (Å²) in [4.78, 5) is 3.85. The fourth-order valence-corrected chi connectivity index (χ4v) is 2.25. The smallest absolute Gasteiger partial charge is 0.259 e. The van der Waals surface area contributed by atoms with Crippen LogP contribution in [0.15, 0.2) is 29.8 Å². The van der Waals surface area contributed by atoms with Crippen LogP contribution in [-0.2, 0) is 6.18 Å². The van der Waals surface area contributed by atoms with Crippen LogP contribution in [0, 0.1) is 0 Å². The molecule has 80 valence electrons. The molecule has 0 radical (unpaired) electrons. The van der Waals surface area contributed by atoms with E-state index in [1.807, 2.05) is 11.5 Å². The molecule has 1 aliphatic heterocycles. The van der Waals surface area contributed by atoms with E-state index in [2.05, 4.69) is 4.98 Å². The molecule has 0 bridgehead atoms. The van der Waals surface area contributed by atoms with Crippen molar-refractivity contribution in [3.05, 3.63) is 41.1 Å². The Kier molecular flexibility index (Phi) is 2.73. The third-order valence-corrected chi connectivity index (χ3v) is 3.24. The molecule has 0 saturated carbocycles. The molecule has 15 heavy (non-hydrogen) atoms. The van der Waals surface area contributed by atoms with Gasteiger partial charge in [-0.3, -0.25) is 4.98 Å². The first kappa shape index (κ1) is 10.5. The molecule has 0 amide bonds. The Morgan fingerprint density at radius 2 is 2.13 bits per heavy atom. The number of rotatable bonds is 1. The van der Waals surface area contributed by atoms with Crippen molar-refractivity contribution in [3.63, 3.8) is 0 Å². The molecule has 1 atom stereocenters. The first-order valence-corrected chi connectivity index (χ1v) is 5.35. The Labute approximate surface area is 89.4 Å². The molecule has 0 N–H and O–H groups in total. The lowest BCUT2D eigenvalue weighted by molar-refractivity contribution is -0.137. The second-order valence-electron chi connectivity index (χ2n) is 3.20. The number of hydrogen-bond acceptors (Lipinski definition) is 2. The number of aromatic nitrogens is 1. The molecule has 1 nitrogen and oxygen atoms in total. The van der Waals surface area contributed by atoms with Crippen LogP contribution in [0.2, 0.25) is 0 Å². The zero-order valence-corrected chi connectivity index (χ0v) is 8.48. The molecule has 1 aromatic heterocycles. The highest BCUT2D eigenvalue weighted by Gasteiger charge is 2.31. The van der Waals surface area contributed by atoms with Gasteiger partial charge in [0.2, 0.25) is 0 Å². The van der Waals surface area contributed by atoms with E-state index in [9.17, 15) is 13.2 Å².